The molecule has 0 spiro atoms. The van der Waals surface area contributed by atoms with Crippen molar-refractivity contribution in [3.8, 4) is 11.6 Å². The number of pyridine rings is 1. The van der Waals surface area contributed by atoms with Crippen LogP contribution in [0.3, 0.4) is 0 Å². The van der Waals surface area contributed by atoms with E-state index in [4.69, 9.17) is 4.74 Å². The monoisotopic (exact) mass is 368 g/mol. The van der Waals surface area contributed by atoms with Crippen LogP contribution in [-0.4, -0.2) is 10.9 Å². The van der Waals surface area contributed by atoms with Crippen molar-refractivity contribution in [3.63, 3.8) is 0 Å². The van der Waals surface area contributed by atoms with Gasteiger partial charge in [-0.15, -0.1) is 0 Å². The molecule has 1 aromatic heterocycles. The van der Waals surface area contributed by atoms with Crippen LogP contribution in [0.2, 0.25) is 0 Å². The Hall–Kier alpha value is -2.66. The van der Waals surface area contributed by atoms with Gasteiger partial charge in [-0.05, 0) is 52.3 Å². The summed E-state index contributed by atoms with van der Waals surface area (Å²) >= 11 is 3.41. The van der Waals surface area contributed by atoms with Gasteiger partial charge in [-0.1, -0.05) is 24.3 Å². The van der Waals surface area contributed by atoms with E-state index in [0.717, 1.165) is 4.47 Å². The van der Waals surface area contributed by atoms with Crippen LogP contribution in [-0.2, 0) is 0 Å². The number of ether oxygens (including phenoxy) is 1. The van der Waals surface area contributed by atoms with Crippen molar-refractivity contribution < 1.29 is 9.53 Å². The van der Waals surface area contributed by atoms with Crippen LogP contribution in [0.1, 0.15) is 10.4 Å². The number of nitrogens with zero attached hydrogens (tertiary/aromatic N) is 1. The first-order valence-electron chi connectivity index (χ1n) is 6.97. The molecule has 5 heteroatoms. The van der Waals surface area contributed by atoms with Crippen LogP contribution >= 0.6 is 15.9 Å². The molecule has 0 unspecified atom stereocenters. The fraction of sp³-hybridized carbons (Fsp3) is 0. The number of benzene rings is 2. The Labute approximate surface area is 142 Å². The molecule has 0 saturated carbocycles. The fourth-order valence-corrected chi connectivity index (χ4v) is 2.37. The van der Waals surface area contributed by atoms with Crippen LogP contribution in [0, 0.1) is 0 Å². The van der Waals surface area contributed by atoms with Gasteiger partial charge in [0.2, 0.25) is 5.88 Å². The Kier molecular flexibility index (Phi) is 4.68. The van der Waals surface area contributed by atoms with Gasteiger partial charge in [0, 0.05) is 22.3 Å². The van der Waals surface area contributed by atoms with E-state index in [9.17, 15) is 4.79 Å². The van der Waals surface area contributed by atoms with Gasteiger partial charge in [0.25, 0.3) is 5.91 Å². The van der Waals surface area contributed by atoms with Crippen LogP contribution < -0.4 is 10.1 Å². The summed E-state index contributed by atoms with van der Waals surface area (Å²) in [6.45, 7) is 0. The molecule has 0 bridgehead atoms. The summed E-state index contributed by atoms with van der Waals surface area (Å²) in [5.74, 6) is 0.836. The number of nitrogens with one attached hydrogen (secondary N) is 1. The van der Waals surface area contributed by atoms with Crippen LogP contribution in [0.5, 0.6) is 11.6 Å². The smallest absolute Gasteiger partial charge is 0.255 e. The Morgan fingerprint density at radius 2 is 1.83 bits per heavy atom. The van der Waals surface area contributed by atoms with Crippen LogP contribution in [0.15, 0.2) is 77.4 Å². The van der Waals surface area contributed by atoms with E-state index < -0.39 is 0 Å². The Morgan fingerprint density at radius 1 is 1.00 bits per heavy atom. The summed E-state index contributed by atoms with van der Waals surface area (Å²) in [5.41, 5.74) is 1.22. The van der Waals surface area contributed by atoms with Crippen molar-refractivity contribution in [1.82, 2.24) is 4.98 Å². The molecule has 0 radical (unpaired) electrons. The SMILES string of the molecule is O=C(Nc1ccccc1Br)c1cccc(Oc2ccccn2)c1. The summed E-state index contributed by atoms with van der Waals surface area (Å²) in [5, 5.41) is 2.86. The molecule has 0 fully saturated rings. The van der Waals surface area contributed by atoms with Gasteiger partial charge in [-0.2, -0.15) is 0 Å². The highest BCUT2D eigenvalue weighted by atomic mass is 79.9. The zero-order valence-corrected chi connectivity index (χ0v) is 13.7. The molecule has 1 amide bonds. The number of hydrogen-bond acceptors (Lipinski definition) is 3. The second-order valence-electron chi connectivity index (χ2n) is 4.73. The van der Waals surface area contributed by atoms with Gasteiger partial charge in [0.1, 0.15) is 5.75 Å². The van der Waals surface area contributed by atoms with Crippen molar-refractivity contribution in [2.24, 2.45) is 0 Å². The van der Waals surface area contributed by atoms with Gasteiger partial charge >= 0.3 is 0 Å². The second kappa shape index (κ2) is 7.07. The molecule has 0 atom stereocenters. The summed E-state index contributed by atoms with van der Waals surface area (Å²) in [4.78, 5) is 16.5. The maximum absolute atomic E-state index is 12.4. The zero-order chi connectivity index (χ0) is 16.1. The Bertz CT molecular complexity index is 822. The predicted molar refractivity (Wildman–Crippen MR) is 92.8 cm³/mol. The fourth-order valence-electron chi connectivity index (χ4n) is 1.99. The molecule has 4 nitrogen and oxygen atoms in total. The number of rotatable bonds is 4. The van der Waals surface area contributed by atoms with Crippen LogP contribution in [0.25, 0.3) is 0 Å². The van der Waals surface area contributed by atoms with E-state index >= 15 is 0 Å². The van der Waals surface area contributed by atoms with E-state index in [2.05, 4.69) is 26.2 Å². The van der Waals surface area contributed by atoms with Crippen LogP contribution in [0.4, 0.5) is 5.69 Å². The third kappa shape index (κ3) is 3.96. The molecule has 23 heavy (non-hydrogen) atoms. The maximum atomic E-state index is 12.4. The van der Waals surface area contributed by atoms with Crippen molar-refractivity contribution in [2.75, 3.05) is 5.32 Å². The molecule has 3 aromatic rings. The molecule has 3 rings (SSSR count). The minimum absolute atomic E-state index is 0.205. The first-order chi connectivity index (χ1) is 11.2. The molecule has 0 aliphatic carbocycles. The minimum Gasteiger partial charge on any atom is -0.439 e. The van der Waals surface area contributed by atoms with Gasteiger partial charge < -0.3 is 10.1 Å². The number of carbonyl (C=O) groups is 1. The first-order valence-corrected chi connectivity index (χ1v) is 7.76. The molecule has 1 N–H and O–H groups in total. The number of halogens is 1. The number of carbonyl (C=O) groups excluding carboxylic acids is 1. The van der Waals surface area contributed by atoms with Gasteiger partial charge in [0.15, 0.2) is 0 Å². The van der Waals surface area contributed by atoms with Crippen molar-refractivity contribution in [2.45, 2.75) is 0 Å². The summed E-state index contributed by atoms with van der Waals surface area (Å²) in [7, 11) is 0. The number of anilines is 1. The second-order valence-corrected chi connectivity index (χ2v) is 5.59. The molecule has 0 aliphatic rings. The van der Waals surface area contributed by atoms with E-state index in [0.29, 0.717) is 22.9 Å². The topological polar surface area (TPSA) is 51.2 Å². The lowest BCUT2D eigenvalue weighted by atomic mass is 10.2. The standard InChI is InChI=1S/C18H13BrN2O2/c19-15-8-1-2-9-16(15)21-18(22)13-6-5-7-14(12-13)23-17-10-3-4-11-20-17/h1-12H,(H,21,22). The summed E-state index contributed by atoms with van der Waals surface area (Å²) < 4.78 is 6.47. The summed E-state index contributed by atoms with van der Waals surface area (Å²) in [6.07, 6.45) is 1.65. The summed E-state index contributed by atoms with van der Waals surface area (Å²) in [6, 6.07) is 19.8. The molecule has 2 aromatic carbocycles. The highest BCUT2D eigenvalue weighted by molar-refractivity contribution is 9.10. The number of aromatic nitrogens is 1. The van der Waals surface area contributed by atoms with E-state index in [1.165, 1.54) is 0 Å². The molecule has 114 valence electrons. The average molecular weight is 369 g/mol. The highest BCUT2D eigenvalue weighted by Crippen LogP contribution is 2.23. The minimum atomic E-state index is -0.205. The van der Waals surface area contributed by atoms with Crippen molar-refractivity contribution in [3.05, 3.63) is 83.0 Å². The third-order valence-electron chi connectivity index (χ3n) is 3.08. The number of para-hydroxylation sites is 1. The van der Waals surface area contributed by atoms with Crippen molar-refractivity contribution in [1.29, 1.82) is 0 Å². The largest absolute Gasteiger partial charge is 0.439 e. The quantitative estimate of drug-likeness (QED) is 0.713. The first kappa shape index (κ1) is 15.2. The predicted octanol–water partition coefficient (Wildman–Crippen LogP) is 4.89. The lowest BCUT2D eigenvalue weighted by Crippen LogP contribution is -2.12. The molecule has 0 saturated heterocycles. The van der Waals surface area contributed by atoms with Gasteiger partial charge in [-0.25, -0.2) is 4.98 Å². The van der Waals surface area contributed by atoms with E-state index in [-0.39, 0.29) is 5.91 Å². The van der Waals surface area contributed by atoms with Gasteiger partial charge in [0.05, 0.1) is 5.69 Å². The van der Waals surface area contributed by atoms with Crippen molar-refractivity contribution >= 4 is 27.5 Å². The normalized spacial score (nSPS) is 10.1. The molecule has 1 heterocycles. The highest BCUT2D eigenvalue weighted by Gasteiger charge is 2.09. The van der Waals surface area contributed by atoms with Gasteiger partial charge in [-0.3, -0.25) is 4.79 Å². The maximum Gasteiger partial charge on any atom is 0.255 e. The average Bonchev–Trinajstić information content (AvgIpc) is 2.58. The third-order valence-corrected chi connectivity index (χ3v) is 3.77. The molecule has 0 aliphatic heterocycles. The van der Waals surface area contributed by atoms with E-state index in [1.807, 2.05) is 36.4 Å². The molecular formula is C18H13BrN2O2. The van der Waals surface area contributed by atoms with E-state index in [1.54, 1.807) is 36.5 Å². The lowest BCUT2D eigenvalue weighted by Gasteiger charge is -2.09. The lowest BCUT2D eigenvalue weighted by molar-refractivity contribution is 0.102. The molecular weight excluding hydrogens is 356 g/mol. The number of hydrogen-bond donors (Lipinski definition) is 1. The Morgan fingerprint density at radius 3 is 2.61 bits per heavy atom. The zero-order valence-electron chi connectivity index (χ0n) is 12.1. The Balaban J connectivity index is 1.77. The number of amides is 1.